The molecule has 80 valence electrons. The molecule has 1 aliphatic rings. The van der Waals surface area contributed by atoms with Crippen LogP contribution in [0.15, 0.2) is 18.2 Å². The molecule has 0 spiro atoms. The maximum Gasteiger partial charge on any atom is 0.236 e. The van der Waals surface area contributed by atoms with Gasteiger partial charge in [0.15, 0.2) is 0 Å². The molecule has 4 heteroatoms. The molecule has 0 saturated carbocycles. The fraction of sp³-hybridized carbons (Fsp3) is 0.364. The van der Waals surface area contributed by atoms with Gasteiger partial charge in [-0.1, -0.05) is 0 Å². The molecular formula is C11H15N3O. The van der Waals surface area contributed by atoms with E-state index in [0.717, 1.165) is 16.9 Å². The van der Waals surface area contributed by atoms with Crippen LogP contribution < -0.4 is 16.2 Å². The minimum atomic E-state index is -0.461. The second-order valence-electron chi connectivity index (χ2n) is 4.37. The molecule has 1 aromatic rings. The lowest BCUT2D eigenvalue weighted by Crippen LogP contribution is -2.33. The zero-order valence-corrected chi connectivity index (χ0v) is 9.16. The third-order valence-electron chi connectivity index (χ3n) is 3.04. The zero-order valence-electron chi connectivity index (χ0n) is 9.16. The van der Waals surface area contributed by atoms with Crippen LogP contribution in [0.25, 0.3) is 0 Å². The molecule has 0 atom stereocenters. The monoisotopic (exact) mass is 205 g/mol. The van der Waals surface area contributed by atoms with Crippen molar-refractivity contribution in [3.05, 3.63) is 23.8 Å². The van der Waals surface area contributed by atoms with E-state index in [0.29, 0.717) is 0 Å². The van der Waals surface area contributed by atoms with Crippen molar-refractivity contribution in [2.75, 3.05) is 17.4 Å². The minimum Gasteiger partial charge on any atom is -0.324 e. The average molecular weight is 205 g/mol. The first-order chi connectivity index (χ1) is 6.98. The quantitative estimate of drug-likeness (QED) is 0.535. The lowest BCUT2D eigenvalue weighted by atomic mass is 9.86. The summed E-state index contributed by atoms with van der Waals surface area (Å²) in [7, 11) is 1.80. The first-order valence-electron chi connectivity index (χ1n) is 4.88. The van der Waals surface area contributed by atoms with E-state index in [2.05, 4.69) is 5.43 Å². The number of rotatable bonds is 1. The highest BCUT2D eigenvalue weighted by molar-refractivity contribution is 6.07. The minimum absolute atomic E-state index is 0.117. The molecule has 2 rings (SSSR count). The molecule has 0 radical (unpaired) electrons. The number of amides is 1. The number of nitrogens with two attached hydrogens (primary N) is 1. The van der Waals surface area contributed by atoms with Crippen molar-refractivity contribution in [3.63, 3.8) is 0 Å². The molecule has 0 fully saturated rings. The van der Waals surface area contributed by atoms with Gasteiger partial charge in [0.25, 0.3) is 0 Å². The normalized spacial score (nSPS) is 17.9. The SMILES string of the molecule is CN1C(=O)C(C)(C)c2cc(NN)ccc21. The van der Waals surface area contributed by atoms with Crippen LogP contribution in [0.2, 0.25) is 0 Å². The van der Waals surface area contributed by atoms with Crippen LogP contribution in [0, 0.1) is 0 Å². The molecule has 0 bridgehead atoms. The number of benzene rings is 1. The van der Waals surface area contributed by atoms with Crippen molar-refractivity contribution in [1.82, 2.24) is 0 Å². The Morgan fingerprint density at radius 2 is 2.07 bits per heavy atom. The summed E-state index contributed by atoms with van der Waals surface area (Å²) in [6, 6.07) is 5.71. The average Bonchev–Trinajstić information content (AvgIpc) is 2.40. The molecule has 1 amide bonds. The van der Waals surface area contributed by atoms with Gasteiger partial charge in [0.05, 0.1) is 5.41 Å². The Labute approximate surface area is 89.0 Å². The zero-order chi connectivity index (χ0) is 11.2. The molecule has 3 N–H and O–H groups in total. The van der Waals surface area contributed by atoms with Gasteiger partial charge in [-0.3, -0.25) is 10.6 Å². The summed E-state index contributed by atoms with van der Waals surface area (Å²) >= 11 is 0. The molecule has 0 aliphatic carbocycles. The van der Waals surface area contributed by atoms with Gasteiger partial charge in [-0.25, -0.2) is 0 Å². The maximum absolute atomic E-state index is 12.0. The van der Waals surface area contributed by atoms with E-state index in [1.165, 1.54) is 0 Å². The van der Waals surface area contributed by atoms with E-state index in [1.807, 2.05) is 32.0 Å². The third kappa shape index (κ3) is 1.22. The van der Waals surface area contributed by atoms with Gasteiger partial charge < -0.3 is 10.3 Å². The maximum atomic E-state index is 12.0. The smallest absolute Gasteiger partial charge is 0.236 e. The van der Waals surface area contributed by atoms with E-state index in [-0.39, 0.29) is 5.91 Å². The highest BCUT2D eigenvalue weighted by Gasteiger charge is 2.42. The molecular weight excluding hydrogens is 190 g/mol. The van der Waals surface area contributed by atoms with E-state index >= 15 is 0 Å². The van der Waals surface area contributed by atoms with Gasteiger partial charge >= 0.3 is 0 Å². The Hall–Kier alpha value is -1.55. The molecule has 0 saturated heterocycles. The van der Waals surface area contributed by atoms with E-state index < -0.39 is 5.41 Å². The highest BCUT2D eigenvalue weighted by atomic mass is 16.2. The Balaban J connectivity index is 2.62. The van der Waals surface area contributed by atoms with Crippen LogP contribution >= 0.6 is 0 Å². The predicted molar refractivity (Wildman–Crippen MR) is 60.7 cm³/mol. The summed E-state index contributed by atoms with van der Waals surface area (Å²) in [6.07, 6.45) is 0. The highest BCUT2D eigenvalue weighted by Crippen LogP contribution is 2.41. The Bertz CT molecular complexity index is 426. The topological polar surface area (TPSA) is 58.4 Å². The van der Waals surface area contributed by atoms with Gasteiger partial charge in [0.2, 0.25) is 5.91 Å². The predicted octanol–water partition coefficient (Wildman–Crippen LogP) is 1.23. The number of nitrogen functional groups attached to an aromatic ring is 1. The van der Waals surface area contributed by atoms with Crippen LogP contribution in [-0.4, -0.2) is 13.0 Å². The van der Waals surface area contributed by atoms with E-state index in [4.69, 9.17) is 5.84 Å². The first-order valence-corrected chi connectivity index (χ1v) is 4.88. The van der Waals surface area contributed by atoms with Crippen molar-refractivity contribution < 1.29 is 4.79 Å². The molecule has 0 aromatic heterocycles. The van der Waals surface area contributed by atoms with E-state index in [9.17, 15) is 4.79 Å². The molecule has 1 aliphatic heterocycles. The molecule has 1 aromatic carbocycles. The number of carbonyl (C=O) groups excluding carboxylic acids is 1. The lowest BCUT2D eigenvalue weighted by molar-refractivity contribution is -0.121. The number of nitrogens with one attached hydrogen (secondary N) is 1. The van der Waals surface area contributed by atoms with Gasteiger partial charge in [0.1, 0.15) is 0 Å². The summed E-state index contributed by atoms with van der Waals surface area (Å²) in [4.78, 5) is 13.6. The number of fused-ring (bicyclic) bond motifs is 1. The number of likely N-dealkylation sites (N-methyl/N-ethyl adjacent to an activating group) is 1. The number of hydrazine groups is 1. The van der Waals surface area contributed by atoms with Crippen molar-refractivity contribution in [2.24, 2.45) is 5.84 Å². The van der Waals surface area contributed by atoms with Gasteiger partial charge in [-0.15, -0.1) is 0 Å². The van der Waals surface area contributed by atoms with Gasteiger partial charge in [-0.2, -0.15) is 0 Å². The number of hydrogen-bond donors (Lipinski definition) is 2. The van der Waals surface area contributed by atoms with E-state index in [1.54, 1.807) is 11.9 Å². The molecule has 1 heterocycles. The van der Waals surface area contributed by atoms with Crippen LogP contribution in [-0.2, 0) is 10.2 Å². The fourth-order valence-corrected chi connectivity index (χ4v) is 2.06. The fourth-order valence-electron chi connectivity index (χ4n) is 2.06. The van der Waals surface area contributed by atoms with Gasteiger partial charge in [-0.05, 0) is 37.6 Å². The Kier molecular flexibility index (Phi) is 1.98. The Morgan fingerprint density at radius 1 is 1.40 bits per heavy atom. The first kappa shape index (κ1) is 9.98. The summed E-state index contributed by atoms with van der Waals surface area (Å²) < 4.78 is 0. The third-order valence-corrected chi connectivity index (χ3v) is 3.04. The number of nitrogens with zero attached hydrogens (tertiary/aromatic N) is 1. The van der Waals surface area contributed by atoms with Crippen molar-refractivity contribution in [2.45, 2.75) is 19.3 Å². The van der Waals surface area contributed by atoms with Crippen molar-refractivity contribution in [3.8, 4) is 0 Å². The van der Waals surface area contributed by atoms with Crippen molar-refractivity contribution >= 4 is 17.3 Å². The molecule has 0 unspecified atom stereocenters. The van der Waals surface area contributed by atoms with Crippen LogP contribution in [0.5, 0.6) is 0 Å². The lowest BCUT2D eigenvalue weighted by Gasteiger charge is -2.16. The van der Waals surface area contributed by atoms with Crippen molar-refractivity contribution in [1.29, 1.82) is 0 Å². The number of anilines is 2. The summed E-state index contributed by atoms with van der Waals surface area (Å²) in [5.74, 6) is 5.47. The van der Waals surface area contributed by atoms with Crippen LogP contribution in [0.3, 0.4) is 0 Å². The number of carbonyl (C=O) groups is 1. The van der Waals surface area contributed by atoms with Crippen LogP contribution in [0.4, 0.5) is 11.4 Å². The number of hydrogen-bond acceptors (Lipinski definition) is 3. The summed E-state index contributed by atoms with van der Waals surface area (Å²) in [5.41, 5.74) is 4.94. The summed E-state index contributed by atoms with van der Waals surface area (Å²) in [5, 5.41) is 0. The standard InChI is InChI=1S/C11H15N3O/c1-11(2)8-6-7(13-12)4-5-9(8)14(3)10(11)15/h4-6,13H,12H2,1-3H3. The molecule has 15 heavy (non-hydrogen) atoms. The van der Waals surface area contributed by atoms with Gasteiger partial charge in [0, 0.05) is 18.4 Å². The van der Waals surface area contributed by atoms with Crippen LogP contribution in [0.1, 0.15) is 19.4 Å². The largest absolute Gasteiger partial charge is 0.324 e. The molecule has 4 nitrogen and oxygen atoms in total. The Morgan fingerprint density at radius 3 is 2.67 bits per heavy atom. The summed E-state index contributed by atoms with van der Waals surface area (Å²) in [6.45, 7) is 3.86. The second-order valence-corrected chi connectivity index (χ2v) is 4.37. The second kappa shape index (κ2) is 2.97.